The van der Waals surface area contributed by atoms with Crippen LogP contribution in [0.5, 0.6) is 5.19 Å². The third-order valence-electron chi connectivity index (χ3n) is 5.90. The molecule has 1 saturated heterocycles. The van der Waals surface area contributed by atoms with E-state index in [0.29, 0.717) is 6.10 Å². The number of hydrogen-bond donors (Lipinski definition) is 0. The molecule has 0 N–H and O–H groups in total. The first-order valence-electron chi connectivity index (χ1n) is 9.93. The van der Waals surface area contributed by atoms with Crippen molar-refractivity contribution in [3.8, 4) is 5.19 Å². The van der Waals surface area contributed by atoms with Crippen molar-refractivity contribution in [2.45, 2.75) is 77.0 Å². The van der Waals surface area contributed by atoms with Gasteiger partial charge in [-0.1, -0.05) is 24.7 Å². The molecular formula is C19H31N3OS. The summed E-state index contributed by atoms with van der Waals surface area (Å²) in [7, 11) is 0. The summed E-state index contributed by atoms with van der Waals surface area (Å²) in [5, 5.41) is 0.931. The predicted molar refractivity (Wildman–Crippen MR) is 98.9 cm³/mol. The van der Waals surface area contributed by atoms with Gasteiger partial charge in [0, 0.05) is 37.0 Å². The third kappa shape index (κ3) is 3.78. The Morgan fingerprint density at radius 1 is 1.12 bits per heavy atom. The number of fused-ring (bicyclic) bond motifs is 1. The molecule has 1 unspecified atom stereocenters. The lowest BCUT2D eigenvalue weighted by Gasteiger charge is -2.36. The number of aromatic nitrogens is 1. The van der Waals surface area contributed by atoms with Crippen LogP contribution in [0.3, 0.4) is 0 Å². The summed E-state index contributed by atoms with van der Waals surface area (Å²) >= 11 is 1.80. The molecule has 0 amide bonds. The molecule has 0 bridgehead atoms. The highest BCUT2D eigenvalue weighted by atomic mass is 32.1. The zero-order chi connectivity index (χ0) is 16.4. The van der Waals surface area contributed by atoms with Gasteiger partial charge < -0.3 is 9.64 Å². The molecule has 3 heterocycles. The Kier molecular flexibility index (Phi) is 5.40. The molecule has 4 nitrogen and oxygen atoms in total. The lowest BCUT2D eigenvalue weighted by atomic mass is 9.91. The normalized spacial score (nSPS) is 26.6. The van der Waals surface area contributed by atoms with Gasteiger partial charge in [-0.2, -0.15) is 0 Å². The van der Waals surface area contributed by atoms with Crippen molar-refractivity contribution < 1.29 is 4.74 Å². The molecule has 1 aliphatic carbocycles. The molecule has 5 heteroatoms. The van der Waals surface area contributed by atoms with E-state index in [1.54, 1.807) is 11.3 Å². The SMILES string of the molecule is CCCN1CCc2nc(OC3CCCN(C4CCC4)CC3)sc2C1. The number of ether oxygens (including phenoxy) is 1. The molecule has 0 spiro atoms. The van der Waals surface area contributed by atoms with Crippen LogP contribution in [0.1, 0.15) is 62.4 Å². The molecule has 1 aromatic rings. The molecule has 2 aliphatic heterocycles. The van der Waals surface area contributed by atoms with E-state index in [0.717, 1.165) is 30.7 Å². The molecule has 134 valence electrons. The second-order valence-electron chi connectivity index (χ2n) is 7.67. The van der Waals surface area contributed by atoms with E-state index in [-0.39, 0.29) is 0 Å². The maximum Gasteiger partial charge on any atom is 0.273 e. The Labute approximate surface area is 150 Å². The van der Waals surface area contributed by atoms with Crippen molar-refractivity contribution in [3.63, 3.8) is 0 Å². The maximum absolute atomic E-state index is 6.33. The van der Waals surface area contributed by atoms with Crippen LogP contribution in [0.2, 0.25) is 0 Å². The minimum Gasteiger partial charge on any atom is -0.467 e. The highest BCUT2D eigenvalue weighted by molar-refractivity contribution is 7.13. The van der Waals surface area contributed by atoms with Crippen LogP contribution in [-0.2, 0) is 13.0 Å². The highest BCUT2D eigenvalue weighted by Gasteiger charge is 2.28. The van der Waals surface area contributed by atoms with Gasteiger partial charge in [-0.3, -0.25) is 4.90 Å². The Morgan fingerprint density at radius 3 is 2.83 bits per heavy atom. The number of thiazole rings is 1. The van der Waals surface area contributed by atoms with Crippen LogP contribution in [0.4, 0.5) is 0 Å². The van der Waals surface area contributed by atoms with Gasteiger partial charge in [0.1, 0.15) is 6.10 Å². The van der Waals surface area contributed by atoms with E-state index in [4.69, 9.17) is 9.72 Å². The van der Waals surface area contributed by atoms with Gasteiger partial charge in [-0.15, -0.1) is 0 Å². The molecule has 0 radical (unpaired) electrons. The van der Waals surface area contributed by atoms with Gasteiger partial charge >= 0.3 is 0 Å². The third-order valence-corrected chi connectivity index (χ3v) is 6.87. The number of nitrogens with zero attached hydrogens (tertiary/aromatic N) is 3. The Morgan fingerprint density at radius 2 is 2.04 bits per heavy atom. The van der Waals surface area contributed by atoms with Gasteiger partial charge in [0.2, 0.25) is 0 Å². The fraction of sp³-hybridized carbons (Fsp3) is 0.842. The number of likely N-dealkylation sites (tertiary alicyclic amines) is 1. The van der Waals surface area contributed by atoms with Crippen LogP contribution in [0, 0.1) is 0 Å². The first-order valence-corrected chi connectivity index (χ1v) is 10.7. The Hall–Kier alpha value is -0.650. The van der Waals surface area contributed by atoms with Crippen molar-refractivity contribution >= 4 is 11.3 Å². The molecule has 24 heavy (non-hydrogen) atoms. The number of rotatable bonds is 5. The van der Waals surface area contributed by atoms with Crippen molar-refractivity contribution in [2.24, 2.45) is 0 Å². The van der Waals surface area contributed by atoms with Crippen molar-refractivity contribution in [3.05, 3.63) is 10.6 Å². The highest BCUT2D eigenvalue weighted by Crippen LogP contribution is 2.32. The predicted octanol–water partition coefficient (Wildman–Crippen LogP) is 3.70. The molecule has 4 rings (SSSR count). The van der Waals surface area contributed by atoms with Gasteiger partial charge in [-0.25, -0.2) is 4.98 Å². The van der Waals surface area contributed by atoms with Crippen LogP contribution < -0.4 is 4.74 Å². The molecule has 1 aromatic heterocycles. The maximum atomic E-state index is 6.33. The molecule has 3 aliphatic rings. The topological polar surface area (TPSA) is 28.6 Å². The van der Waals surface area contributed by atoms with E-state index in [1.807, 2.05) is 0 Å². The summed E-state index contributed by atoms with van der Waals surface area (Å²) < 4.78 is 6.33. The van der Waals surface area contributed by atoms with Crippen LogP contribution in [0.25, 0.3) is 0 Å². The van der Waals surface area contributed by atoms with Crippen molar-refractivity contribution in [1.29, 1.82) is 0 Å². The van der Waals surface area contributed by atoms with Crippen LogP contribution in [0.15, 0.2) is 0 Å². The second kappa shape index (κ2) is 7.71. The fourth-order valence-corrected chi connectivity index (χ4v) is 5.31. The monoisotopic (exact) mass is 349 g/mol. The summed E-state index contributed by atoms with van der Waals surface area (Å²) in [6, 6.07) is 0.875. The summed E-state index contributed by atoms with van der Waals surface area (Å²) in [5.74, 6) is 0. The fourth-order valence-electron chi connectivity index (χ4n) is 4.25. The minimum absolute atomic E-state index is 0.370. The number of hydrogen-bond acceptors (Lipinski definition) is 5. The molecule has 2 fully saturated rings. The average Bonchev–Trinajstić information content (AvgIpc) is 2.78. The molecule has 1 saturated carbocycles. The summed E-state index contributed by atoms with van der Waals surface area (Å²) in [6.45, 7) is 8.17. The van der Waals surface area contributed by atoms with E-state index in [1.165, 1.54) is 75.2 Å². The van der Waals surface area contributed by atoms with Gasteiger partial charge in [0.25, 0.3) is 5.19 Å². The zero-order valence-electron chi connectivity index (χ0n) is 15.0. The lowest BCUT2D eigenvalue weighted by molar-refractivity contribution is 0.123. The average molecular weight is 350 g/mol. The largest absolute Gasteiger partial charge is 0.467 e. The minimum atomic E-state index is 0.370. The van der Waals surface area contributed by atoms with E-state index in [2.05, 4.69) is 16.7 Å². The standard InChI is InChI=1S/C19H31N3OS/c1-2-10-21-12-9-17-18(14-21)24-19(20-17)23-16-7-4-11-22(13-8-16)15-5-3-6-15/h15-16H,2-14H2,1H3. The van der Waals surface area contributed by atoms with Gasteiger partial charge in [0.05, 0.1) is 5.69 Å². The smallest absolute Gasteiger partial charge is 0.273 e. The van der Waals surface area contributed by atoms with Gasteiger partial charge in [-0.05, 0) is 51.6 Å². The lowest BCUT2D eigenvalue weighted by Crippen LogP contribution is -2.40. The van der Waals surface area contributed by atoms with Crippen LogP contribution in [-0.4, -0.2) is 53.1 Å². The van der Waals surface area contributed by atoms with Crippen LogP contribution >= 0.6 is 11.3 Å². The molecular weight excluding hydrogens is 318 g/mol. The molecule has 1 atom stereocenters. The first kappa shape index (κ1) is 16.8. The van der Waals surface area contributed by atoms with E-state index < -0.39 is 0 Å². The van der Waals surface area contributed by atoms with Gasteiger partial charge in [0.15, 0.2) is 0 Å². The quantitative estimate of drug-likeness (QED) is 0.810. The van der Waals surface area contributed by atoms with E-state index >= 15 is 0 Å². The van der Waals surface area contributed by atoms with E-state index in [9.17, 15) is 0 Å². The Balaban J connectivity index is 1.32. The summed E-state index contributed by atoms with van der Waals surface area (Å²) in [5.41, 5.74) is 1.30. The zero-order valence-corrected chi connectivity index (χ0v) is 15.8. The molecule has 0 aromatic carbocycles. The Bertz CT molecular complexity index is 543. The van der Waals surface area contributed by atoms with Crippen molar-refractivity contribution in [2.75, 3.05) is 26.2 Å². The summed E-state index contributed by atoms with van der Waals surface area (Å²) in [4.78, 5) is 11.5. The van der Waals surface area contributed by atoms with Crippen molar-refractivity contribution in [1.82, 2.24) is 14.8 Å². The first-order chi connectivity index (χ1) is 11.8. The second-order valence-corrected chi connectivity index (χ2v) is 8.71. The summed E-state index contributed by atoms with van der Waals surface area (Å²) in [6.07, 6.45) is 10.6.